The van der Waals surface area contributed by atoms with Crippen LogP contribution in [0.1, 0.15) is 50.3 Å². The van der Waals surface area contributed by atoms with Gasteiger partial charge in [0.15, 0.2) is 0 Å². The minimum absolute atomic E-state index is 0.540. The lowest BCUT2D eigenvalue weighted by Crippen LogP contribution is -2.15. The fraction of sp³-hybridized carbons (Fsp3) is 0.800. The maximum atomic E-state index is 5.64. The number of nitrogens with two attached hydrogens (primary N) is 1. The molecule has 1 aromatic heterocycles. The van der Waals surface area contributed by atoms with Crippen molar-refractivity contribution in [2.75, 3.05) is 0 Å². The first kappa shape index (κ1) is 9.65. The average molecular weight is 194 g/mol. The Balaban J connectivity index is 2.11. The van der Waals surface area contributed by atoms with Crippen molar-refractivity contribution in [3.8, 4) is 0 Å². The summed E-state index contributed by atoms with van der Waals surface area (Å²) in [5.74, 6) is 0. The summed E-state index contributed by atoms with van der Waals surface area (Å²) in [6.45, 7) is 0.545. The van der Waals surface area contributed by atoms with Gasteiger partial charge in [-0.05, 0) is 12.8 Å². The first-order valence-electron chi connectivity index (χ1n) is 5.51. The van der Waals surface area contributed by atoms with E-state index in [0.717, 1.165) is 5.69 Å². The van der Waals surface area contributed by atoms with E-state index in [1.54, 1.807) is 6.20 Å². The smallest absolute Gasteiger partial charge is 0.0738 e. The second-order valence-corrected chi connectivity index (χ2v) is 4.02. The Hall–Kier alpha value is -0.900. The molecule has 1 heterocycles. The van der Waals surface area contributed by atoms with Crippen LogP contribution in [0.4, 0.5) is 0 Å². The fourth-order valence-electron chi connectivity index (χ4n) is 2.22. The van der Waals surface area contributed by atoms with Crippen molar-refractivity contribution in [1.82, 2.24) is 15.0 Å². The van der Waals surface area contributed by atoms with Crippen molar-refractivity contribution in [2.24, 2.45) is 5.73 Å². The molecule has 1 fully saturated rings. The van der Waals surface area contributed by atoms with Gasteiger partial charge in [-0.2, -0.15) is 0 Å². The van der Waals surface area contributed by atoms with Gasteiger partial charge in [0, 0.05) is 6.54 Å². The minimum atomic E-state index is 0.540. The average Bonchev–Trinajstić information content (AvgIpc) is 2.52. The van der Waals surface area contributed by atoms with E-state index in [-0.39, 0.29) is 0 Å². The van der Waals surface area contributed by atoms with Gasteiger partial charge in [0.25, 0.3) is 0 Å². The lowest BCUT2D eigenvalue weighted by atomic mass is 10.1. The van der Waals surface area contributed by atoms with Crippen molar-refractivity contribution >= 4 is 0 Å². The third kappa shape index (κ3) is 1.95. The highest BCUT2D eigenvalue weighted by molar-refractivity contribution is 4.94. The van der Waals surface area contributed by atoms with Crippen molar-refractivity contribution < 1.29 is 0 Å². The highest BCUT2D eigenvalue weighted by atomic mass is 15.4. The molecule has 2 rings (SSSR count). The van der Waals surface area contributed by atoms with Crippen LogP contribution in [0.2, 0.25) is 0 Å². The fourth-order valence-corrected chi connectivity index (χ4v) is 2.22. The highest BCUT2D eigenvalue weighted by Crippen LogP contribution is 2.26. The van der Waals surface area contributed by atoms with Gasteiger partial charge in [0.1, 0.15) is 0 Å². The molecule has 4 nitrogen and oxygen atoms in total. The molecule has 0 atom stereocenters. The van der Waals surface area contributed by atoms with E-state index < -0.39 is 0 Å². The second kappa shape index (κ2) is 4.55. The quantitative estimate of drug-likeness (QED) is 0.728. The van der Waals surface area contributed by atoms with Crippen LogP contribution in [0.15, 0.2) is 6.20 Å². The summed E-state index contributed by atoms with van der Waals surface area (Å²) in [4.78, 5) is 0. The van der Waals surface area contributed by atoms with Crippen molar-refractivity contribution in [3.63, 3.8) is 0 Å². The zero-order chi connectivity index (χ0) is 9.80. The molecule has 0 aliphatic heterocycles. The van der Waals surface area contributed by atoms with Gasteiger partial charge in [-0.25, -0.2) is 4.68 Å². The molecule has 0 bridgehead atoms. The molecule has 0 radical (unpaired) electrons. The Morgan fingerprint density at radius 1 is 1.29 bits per heavy atom. The van der Waals surface area contributed by atoms with Crippen molar-refractivity contribution in [1.29, 1.82) is 0 Å². The summed E-state index contributed by atoms with van der Waals surface area (Å²) < 4.78 is 2.03. The van der Waals surface area contributed by atoms with Gasteiger partial charge in [-0.15, -0.1) is 5.10 Å². The first-order valence-corrected chi connectivity index (χ1v) is 5.51. The third-order valence-corrected chi connectivity index (χ3v) is 3.03. The molecule has 1 aromatic rings. The summed E-state index contributed by atoms with van der Waals surface area (Å²) in [6.07, 6.45) is 9.60. The molecule has 0 spiro atoms. The molecule has 0 amide bonds. The Morgan fingerprint density at radius 3 is 2.64 bits per heavy atom. The summed E-state index contributed by atoms with van der Waals surface area (Å²) in [7, 11) is 0. The number of nitrogens with zero attached hydrogens (tertiary/aromatic N) is 3. The molecule has 2 N–H and O–H groups in total. The van der Waals surface area contributed by atoms with Crippen LogP contribution in [0.5, 0.6) is 0 Å². The van der Waals surface area contributed by atoms with Crippen LogP contribution < -0.4 is 5.73 Å². The molecule has 1 saturated carbocycles. The van der Waals surface area contributed by atoms with E-state index in [9.17, 15) is 0 Å². The molecule has 14 heavy (non-hydrogen) atoms. The standard InChI is InChI=1S/C10H18N4/c11-7-10-8-12-13-14(10)9-5-3-1-2-4-6-9/h8-9H,1-7,11H2. The lowest BCUT2D eigenvalue weighted by Gasteiger charge is -2.15. The summed E-state index contributed by atoms with van der Waals surface area (Å²) >= 11 is 0. The topological polar surface area (TPSA) is 56.7 Å². The normalized spacial score (nSPS) is 19.5. The summed E-state index contributed by atoms with van der Waals surface area (Å²) in [5.41, 5.74) is 6.71. The highest BCUT2D eigenvalue weighted by Gasteiger charge is 2.16. The van der Waals surface area contributed by atoms with E-state index in [1.165, 1.54) is 38.5 Å². The van der Waals surface area contributed by atoms with Crippen LogP contribution in [0, 0.1) is 0 Å². The van der Waals surface area contributed by atoms with Gasteiger partial charge in [0.2, 0.25) is 0 Å². The number of rotatable bonds is 2. The Morgan fingerprint density at radius 2 is 2.00 bits per heavy atom. The van der Waals surface area contributed by atoms with Gasteiger partial charge in [-0.1, -0.05) is 30.9 Å². The molecule has 0 unspecified atom stereocenters. The van der Waals surface area contributed by atoms with Crippen LogP contribution in [0.3, 0.4) is 0 Å². The molecule has 4 heteroatoms. The predicted octanol–water partition coefficient (Wildman–Crippen LogP) is 1.63. The van der Waals surface area contributed by atoms with Crippen LogP contribution in [0.25, 0.3) is 0 Å². The zero-order valence-corrected chi connectivity index (χ0v) is 8.52. The maximum Gasteiger partial charge on any atom is 0.0738 e. The number of aromatic nitrogens is 3. The zero-order valence-electron chi connectivity index (χ0n) is 8.52. The Kier molecular flexibility index (Phi) is 3.14. The third-order valence-electron chi connectivity index (χ3n) is 3.03. The molecular weight excluding hydrogens is 176 g/mol. The molecular formula is C10H18N4. The monoisotopic (exact) mass is 194 g/mol. The van der Waals surface area contributed by atoms with E-state index in [0.29, 0.717) is 12.6 Å². The first-order chi connectivity index (χ1) is 6.92. The number of hydrogen-bond donors (Lipinski definition) is 1. The van der Waals surface area contributed by atoms with E-state index in [4.69, 9.17) is 5.73 Å². The Bertz CT molecular complexity index is 273. The largest absolute Gasteiger partial charge is 0.325 e. The van der Waals surface area contributed by atoms with Gasteiger partial charge >= 0.3 is 0 Å². The molecule has 1 aliphatic carbocycles. The van der Waals surface area contributed by atoms with E-state index >= 15 is 0 Å². The molecule has 0 saturated heterocycles. The van der Waals surface area contributed by atoms with Gasteiger partial charge < -0.3 is 5.73 Å². The van der Waals surface area contributed by atoms with E-state index in [2.05, 4.69) is 10.3 Å². The van der Waals surface area contributed by atoms with Crippen molar-refractivity contribution in [3.05, 3.63) is 11.9 Å². The maximum absolute atomic E-state index is 5.64. The Labute approximate surface area is 84.5 Å². The van der Waals surface area contributed by atoms with Gasteiger partial charge in [-0.3, -0.25) is 0 Å². The minimum Gasteiger partial charge on any atom is -0.325 e. The molecule has 1 aliphatic rings. The summed E-state index contributed by atoms with van der Waals surface area (Å²) in [5, 5.41) is 8.07. The van der Waals surface area contributed by atoms with Crippen molar-refractivity contribution in [2.45, 2.75) is 51.1 Å². The predicted molar refractivity (Wildman–Crippen MR) is 54.7 cm³/mol. The number of hydrogen-bond acceptors (Lipinski definition) is 3. The van der Waals surface area contributed by atoms with Crippen LogP contribution >= 0.6 is 0 Å². The molecule has 0 aromatic carbocycles. The SMILES string of the molecule is NCc1cnnn1C1CCCCCC1. The second-order valence-electron chi connectivity index (χ2n) is 4.02. The van der Waals surface area contributed by atoms with E-state index in [1.807, 2.05) is 4.68 Å². The van der Waals surface area contributed by atoms with Crippen LogP contribution in [-0.4, -0.2) is 15.0 Å². The molecule has 78 valence electrons. The van der Waals surface area contributed by atoms with Crippen LogP contribution in [-0.2, 0) is 6.54 Å². The van der Waals surface area contributed by atoms with Gasteiger partial charge in [0.05, 0.1) is 17.9 Å². The summed E-state index contributed by atoms with van der Waals surface area (Å²) in [6, 6.07) is 0.540. The lowest BCUT2D eigenvalue weighted by molar-refractivity contribution is 0.385.